The van der Waals surface area contributed by atoms with Crippen LogP contribution in [0.4, 0.5) is 11.4 Å². The highest BCUT2D eigenvalue weighted by molar-refractivity contribution is 7.92. The van der Waals surface area contributed by atoms with Crippen LogP contribution in [0.3, 0.4) is 0 Å². The SMILES string of the molecule is CS(=O)(=O)Nc1ccc(Oc2ccc(C=O)cc2)nc1.O=[N+]([O-])c1ccc(Oc2ccc(CO)cc2)nc1. The van der Waals surface area contributed by atoms with Gasteiger partial charge in [-0.25, -0.2) is 18.4 Å². The first-order valence-electron chi connectivity index (χ1n) is 10.8. The van der Waals surface area contributed by atoms with E-state index >= 15 is 0 Å². The number of aliphatic hydroxyl groups excluding tert-OH is 1. The molecule has 0 amide bonds. The van der Waals surface area contributed by atoms with Crippen LogP contribution < -0.4 is 14.2 Å². The summed E-state index contributed by atoms with van der Waals surface area (Å²) in [6.45, 7) is -0.0317. The number of nitrogens with one attached hydrogen (secondary N) is 1. The van der Waals surface area contributed by atoms with Crippen molar-refractivity contribution in [2.45, 2.75) is 6.61 Å². The standard InChI is InChI=1S/C13H12N2O4S.C12H10N2O4/c1-20(17,18)15-11-4-7-13(14-8-11)19-12-5-2-10(9-16)3-6-12;15-8-9-1-4-11(5-2-9)18-12-6-3-10(7-13-12)14(16)17/h2-9,15H,1H3;1-7,15H,8H2. The Kier molecular flexibility index (Phi) is 9.40. The van der Waals surface area contributed by atoms with Gasteiger partial charge in [-0.1, -0.05) is 12.1 Å². The fraction of sp³-hybridized carbons (Fsp3) is 0.0800. The smallest absolute Gasteiger partial charge is 0.287 e. The Morgan fingerprint density at radius 2 is 1.45 bits per heavy atom. The van der Waals surface area contributed by atoms with Gasteiger partial charge in [0, 0.05) is 23.8 Å². The molecule has 4 rings (SSSR count). The van der Waals surface area contributed by atoms with Gasteiger partial charge in [0.2, 0.25) is 21.8 Å². The molecule has 0 aliphatic heterocycles. The molecule has 38 heavy (non-hydrogen) atoms. The zero-order valence-corrected chi connectivity index (χ0v) is 20.7. The normalized spacial score (nSPS) is 10.5. The number of hydrogen-bond donors (Lipinski definition) is 2. The number of aliphatic hydroxyl groups is 1. The van der Waals surface area contributed by atoms with E-state index in [4.69, 9.17) is 14.6 Å². The van der Waals surface area contributed by atoms with Crippen LogP contribution in [-0.4, -0.2) is 41.0 Å². The molecule has 2 heterocycles. The minimum atomic E-state index is -3.32. The summed E-state index contributed by atoms with van der Waals surface area (Å²) in [6.07, 6.45) is 4.30. The van der Waals surface area contributed by atoms with E-state index in [1.165, 1.54) is 18.3 Å². The average Bonchev–Trinajstić information content (AvgIpc) is 2.90. The average molecular weight is 539 g/mol. The van der Waals surface area contributed by atoms with Crippen molar-refractivity contribution in [3.05, 3.63) is 106 Å². The number of benzene rings is 2. The van der Waals surface area contributed by atoms with Gasteiger partial charge < -0.3 is 14.6 Å². The highest BCUT2D eigenvalue weighted by atomic mass is 32.2. The number of hydrogen-bond acceptors (Lipinski definition) is 10. The maximum Gasteiger partial charge on any atom is 0.287 e. The third kappa shape index (κ3) is 8.96. The third-order valence-electron chi connectivity index (χ3n) is 4.54. The molecule has 0 unspecified atom stereocenters. The molecule has 0 aliphatic rings. The van der Waals surface area contributed by atoms with Crippen LogP contribution in [0.15, 0.2) is 85.2 Å². The van der Waals surface area contributed by atoms with Crippen molar-refractivity contribution in [2.24, 2.45) is 0 Å². The van der Waals surface area contributed by atoms with Crippen LogP contribution in [0.5, 0.6) is 23.3 Å². The Balaban J connectivity index is 0.000000212. The topological polar surface area (TPSA) is 171 Å². The van der Waals surface area contributed by atoms with Gasteiger partial charge in [-0.15, -0.1) is 0 Å². The van der Waals surface area contributed by atoms with Crippen molar-refractivity contribution < 1.29 is 32.7 Å². The predicted molar refractivity (Wildman–Crippen MR) is 138 cm³/mol. The molecule has 196 valence electrons. The maximum atomic E-state index is 11.0. The van der Waals surface area contributed by atoms with Crippen molar-refractivity contribution in [1.29, 1.82) is 0 Å². The van der Waals surface area contributed by atoms with E-state index in [0.29, 0.717) is 28.6 Å². The van der Waals surface area contributed by atoms with E-state index in [2.05, 4.69) is 14.7 Å². The molecule has 0 aliphatic carbocycles. The molecule has 0 atom stereocenters. The first kappa shape index (κ1) is 27.7. The molecule has 0 radical (unpaired) electrons. The summed E-state index contributed by atoms with van der Waals surface area (Å²) in [7, 11) is -3.32. The second-order valence-electron chi connectivity index (χ2n) is 7.56. The minimum absolute atomic E-state index is 0.0317. The van der Waals surface area contributed by atoms with Crippen molar-refractivity contribution in [3.8, 4) is 23.3 Å². The summed E-state index contributed by atoms with van der Waals surface area (Å²) in [4.78, 5) is 28.2. The van der Waals surface area contributed by atoms with Crippen LogP contribution in [0.2, 0.25) is 0 Å². The highest BCUT2D eigenvalue weighted by Crippen LogP contribution is 2.22. The molecule has 0 saturated carbocycles. The van der Waals surface area contributed by atoms with Crippen molar-refractivity contribution >= 4 is 27.7 Å². The van der Waals surface area contributed by atoms with E-state index in [1.807, 2.05) is 0 Å². The molecule has 0 spiro atoms. The predicted octanol–water partition coefficient (Wildman–Crippen LogP) is 4.33. The van der Waals surface area contributed by atoms with Crippen LogP contribution in [0, 0.1) is 10.1 Å². The van der Waals surface area contributed by atoms with Crippen LogP contribution in [-0.2, 0) is 16.6 Å². The first-order chi connectivity index (χ1) is 18.1. The number of ether oxygens (including phenoxy) is 2. The fourth-order valence-corrected chi connectivity index (χ4v) is 3.32. The van der Waals surface area contributed by atoms with Gasteiger partial charge in [0.1, 0.15) is 24.0 Å². The van der Waals surface area contributed by atoms with E-state index in [-0.39, 0.29) is 18.2 Å². The van der Waals surface area contributed by atoms with E-state index in [9.17, 15) is 23.3 Å². The van der Waals surface area contributed by atoms with Crippen LogP contribution >= 0.6 is 0 Å². The summed E-state index contributed by atoms with van der Waals surface area (Å²) in [6, 6.07) is 19.2. The lowest BCUT2D eigenvalue weighted by molar-refractivity contribution is -0.385. The molecular weight excluding hydrogens is 516 g/mol. The van der Waals surface area contributed by atoms with Crippen molar-refractivity contribution in [1.82, 2.24) is 9.97 Å². The lowest BCUT2D eigenvalue weighted by atomic mass is 10.2. The van der Waals surface area contributed by atoms with Gasteiger partial charge in [-0.05, 0) is 48.0 Å². The molecule has 2 aromatic carbocycles. The second kappa shape index (κ2) is 12.9. The zero-order chi connectivity index (χ0) is 27.5. The largest absolute Gasteiger partial charge is 0.439 e. The molecule has 0 fully saturated rings. The number of rotatable bonds is 9. The molecule has 2 N–H and O–H groups in total. The van der Waals surface area contributed by atoms with Gasteiger partial charge >= 0.3 is 0 Å². The number of aldehydes is 1. The van der Waals surface area contributed by atoms with Crippen LogP contribution in [0.25, 0.3) is 0 Å². The quantitative estimate of drug-likeness (QED) is 0.177. The van der Waals surface area contributed by atoms with E-state index in [1.54, 1.807) is 60.7 Å². The first-order valence-corrected chi connectivity index (χ1v) is 12.7. The Labute approximate surface area is 217 Å². The van der Waals surface area contributed by atoms with Crippen LogP contribution in [0.1, 0.15) is 15.9 Å². The number of carbonyl (C=O) groups is 1. The Morgan fingerprint density at radius 3 is 1.87 bits per heavy atom. The number of pyridine rings is 2. The van der Waals surface area contributed by atoms with Gasteiger partial charge in [-0.3, -0.25) is 19.6 Å². The number of anilines is 1. The minimum Gasteiger partial charge on any atom is -0.439 e. The lowest BCUT2D eigenvalue weighted by Gasteiger charge is -2.06. The molecule has 12 nitrogen and oxygen atoms in total. The number of sulfonamides is 1. The molecular formula is C25H22N4O8S. The Bertz CT molecular complexity index is 1460. The number of aromatic nitrogens is 2. The number of carbonyl (C=O) groups excluding carboxylic acids is 1. The van der Waals surface area contributed by atoms with E-state index in [0.717, 1.165) is 24.3 Å². The molecule has 13 heteroatoms. The summed E-state index contributed by atoms with van der Waals surface area (Å²) in [5.41, 5.74) is 1.60. The summed E-state index contributed by atoms with van der Waals surface area (Å²) >= 11 is 0. The van der Waals surface area contributed by atoms with Crippen molar-refractivity contribution in [3.63, 3.8) is 0 Å². The molecule has 2 aromatic heterocycles. The molecule has 0 saturated heterocycles. The Hall–Kier alpha value is -4.88. The molecule has 4 aromatic rings. The number of nitrogens with zero attached hydrogens (tertiary/aromatic N) is 3. The summed E-state index contributed by atoms with van der Waals surface area (Å²) in [5.74, 6) is 1.68. The maximum absolute atomic E-state index is 11.0. The van der Waals surface area contributed by atoms with Gasteiger partial charge in [-0.2, -0.15) is 0 Å². The van der Waals surface area contributed by atoms with Gasteiger partial charge in [0.05, 0.1) is 29.7 Å². The molecule has 0 bridgehead atoms. The van der Waals surface area contributed by atoms with Gasteiger partial charge in [0.25, 0.3) is 5.69 Å². The van der Waals surface area contributed by atoms with E-state index < -0.39 is 14.9 Å². The highest BCUT2D eigenvalue weighted by Gasteiger charge is 2.07. The fourth-order valence-electron chi connectivity index (χ4n) is 2.77. The summed E-state index contributed by atoms with van der Waals surface area (Å²) in [5, 5.41) is 19.3. The number of nitro groups is 1. The second-order valence-corrected chi connectivity index (χ2v) is 9.31. The third-order valence-corrected chi connectivity index (χ3v) is 5.14. The Morgan fingerprint density at radius 1 is 0.895 bits per heavy atom. The monoisotopic (exact) mass is 538 g/mol. The zero-order valence-electron chi connectivity index (χ0n) is 19.9. The van der Waals surface area contributed by atoms with Crippen molar-refractivity contribution in [2.75, 3.05) is 11.0 Å². The van der Waals surface area contributed by atoms with Gasteiger partial charge in [0.15, 0.2) is 0 Å². The lowest BCUT2D eigenvalue weighted by Crippen LogP contribution is -2.09. The summed E-state index contributed by atoms with van der Waals surface area (Å²) < 4.78 is 35.2.